The molecule has 1 aromatic carbocycles. The molecule has 0 radical (unpaired) electrons. The van der Waals surface area contributed by atoms with E-state index in [1.54, 1.807) is 18.2 Å². The molecule has 7 heteroatoms. The second-order valence-corrected chi connectivity index (χ2v) is 8.06. The van der Waals surface area contributed by atoms with Crippen LogP contribution in [0.5, 0.6) is 5.75 Å². The molecular formula is C21H27BrN2O4. The second kappa shape index (κ2) is 10.0. The minimum Gasteiger partial charge on any atom is -0.493 e. The van der Waals surface area contributed by atoms with Crippen molar-refractivity contribution in [2.24, 2.45) is 0 Å². The Morgan fingerprint density at radius 1 is 1.04 bits per heavy atom. The first-order chi connectivity index (χ1) is 13.6. The van der Waals surface area contributed by atoms with Crippen LogP contribution in [-0.4, -0.2) is 47.1 Å². The summed E-state index contributed by atoms with van der Waals surface area (Å²) in [6.45, 7) is 1.10. The van der Waals surface area contributed by atoms with Crippen LogP contribution in [0.3, 0.4) is 0 Å². The van der Waals surface area contributed by atoms with E-state index in [1.807, 2.05) is 0 Å². The van der Waals surface area contributed by atoms with Crippen molar-refractivity contribution < 1.29 is 19.1 Å². The van der Waals surface area contributed by atoms with Gasteiger partial charge in [0.2, 0.25) is 5.91 Å². The zero-order chi connectivity index (χ0) is 19.9. The number of hydrogen-bond donors (Lipinski definition) is 1. The fraction of sp³-hybridized carbons (Fsp3) is 0.571. The van der Waals surface area contributed by atoms with Gasteiger partial charge in [0, 0.05) is 11.9 Å². The first-order valence-electron chi connectivity index (χ1n) is 10.1. The second-order valence-electron chi connectivity index (χ2n) is 7.27. The average molecular weight is 451 g/mol. The van der Waals surface area contributed by atoms with E-state index in [2.05, 4.69) is 21.2 Å². The smallest absolute Gasteiger partial charge is 0.266 e. The number of imide groups is 1. The lowest BCUT2D eigenvalue weighted by molar-refractivity contribution is -0.126. The van der Waals surface area contributed by atoms with Crippen LogP contribution in [0.4, 0.5) is 0 Å². The predicted molar refractivity (Wildman–Crippen MR) is 110 cm³/mol. The van der Waals surface area contributed by atoms with Gasteiger partial charge in [0.25, 0.3) is 11.8 Å². The Balaban J connectivity index is 1.60. The van der Waals surface area contributed by atoms with E-state index in [4.69, 9.17) is 4.74 Å². The third kappa shape index (κ3) is 4.57. The van der Waals surface area contributed by atoms with Crippen LogP contribution in [-0.2, 0) is 4.79 Å². The molecule has 3 rings (SSSR count). The molecule has 1 fully saturated rings. The minimum absolute atomic E-state index is 0.261. The van der Waals surface area contributed by atoms with Gasteiger partial charge in [-0.2, -0.15) is 0 Å². The van der Waals surface area contributed by atoms with Gasteiger partial charge >= 0.3 is 0 Å². The lowest BCUT2D eigenvalue weighted by Crippen LogP contribution is -2.52. The van der Waals surface area contributed by atoms with Crippen molar-refractivity contribution in [3.8, 4) is 5.75 Å². The highest BCUT2D eigenvalue weighted by molar-refractivity contribution is 9.09. The molecule has 0 aliphatic carbocycles. The van der Waals surface area contributed by atoms with Crippen LogP contribution < -0.4 is 10.1 Å². The highest BCUT2D eigenvalue weighted by Crippen LogP contribution is 2.33. The number of unbranched alkanes of at least 4 members (excludes halogenated alkanes) is 5. The van der Waals surface area contributed by atoms with E-state index in [0.717, 1.165) is 29.5 Å². The van der Waals surface area contributed by atoms with E-state index < -0.39 is 17.9 Å². The first kappa shape index (κ1) is 20.8. The summed E-state index contributed by atoms with van der Waals surface area (Å²) in [4.78, 5) is 39.0. The molecule has 152 valence electrons. The average Bonchev–Trinajstić information content (AvgIpc) is 2.96. The molecule has 2 heterocycles. The molecule has 28 heavy (non-hydrogen) atoms. The zero-order valence-corrected chi connectivity index (χ0v) is 17.6. The number of hydrogen-bond acceptors (Lipinski definition) is 4. The van der Waals surface area contributed by atoms with Crippen LogP contribution >= 0.6 is 15.9 Å². The Labute approximate surface area is 174 Å². The van der Waals surface area contributed by atoms with Gasteiger partial charge in [-0.15, -0.1) is 0 Å². The third-order valence-corrected chi connectivity index (χ3v) is 5.82. The molecule has 0 bridgehead atoms. The van der Waals surface area contributed by atoms with Crippen molar-refractivity contribution in [2.45, 2.75) is 57.4 Å². The van der Waals surface area contributed by atoms with Crippen molar-refractivity contribution in [1.29, 1.82) is 0 Å². The SMILES string of the molecule is O=C1NCCCC1N1C(=O)c2cccc(OCCCCCCCCBr)c2C1=O. The zero-order valence-electron chi connectivity index (χ0n) is 16.0. The van der Waals surface area contributed by atoms with Gasteiger partial charge in [-0.25, -0.2) is 0 Å². The van der Waals surface area contributed by atoms with Crippen LogP contribution in [0.2, 0.25) is 0 Å². The number of nitrogens with zero attached hydrogens (tertiary/aromatic N) is 1. The molecule has 2 aliphatic heterocycles. The normalized spacial score (nSPS) is 19.0. The molecule has 1 unspecified atom stereocenters. The largest absolute Gasteiger partial charge is 0.493 e. The fourth-order valence-electron chi connectivity index (χ4n) is 3.76. The van der Waals surface area contributed by atoms with Gasteiger partial charge in [0.05, 0.1) is 17.7 Å². The maximum absolute atomic E-state index is 12.9. The van der Waals surface area contributed by atoms with Gasteiger partial charge in [-0.05, 0) is 37.8 Å². The predicted octanol–water partition coefficient (Wildman–Crippen LogP) is 3.68. The van der Waals surface area contributed by atoms with Crippen molar-refractivity contribution in [3.63, 3.8) is 0 Å². The number of alkyl halides is 1. The molecule has 1 saturated heterocycles. The lowest BCUT2D eigenvalue weighted by Gasteiger charge is -2.28. The number of carbonyl (C=O) groups is 3. The first-order valence-corrected chi connectivity index (χ1v) is 11.2. The number of ether oxygens (including phenoxy) is 1. The van der Waals surface area contributed by atoms with Crippen LogP contribution in [0.1, 0.15) is 72.1 Å². The number of fused-ring (bicyclic) bond motifs is 1. The number of rotatable bonds is 10. The highest BCUT2D eigenvalue weighted by Gasteiger charge is 2.44. The van der Waals surface area contributed by atoms with E-state index in [0.29, 0.717) is 36.4 Å². The number of carbonyl (C=O) groups excluding carboxylic acids is 3. The van der Waals surface area contributed by atoms with Crippen molar-refractivity contribution in [1.82, 2.24) is 10.2 Å². The van der Waals surface area contributed by atoms with Crippen LogP contribution in [0.25, 0.3) is 0 Å². The number of piperidine rings is 1. The van der Waals surface area contributed by atoms with Crippen LogP contribution in [0.15, 0.2) is 18.2 Å². The Hall–Kier alpha value is -1.89. The molecule has 0 saturated carbocycles. The van der Waals surface area contributed by atoms with Crippen LogP contribution in [0, 0.1) is 0 Å². The number of benzene rings is 1. The maximum Gasteiger partial charge on any atom is 0.266 e. The molecule has 1 aromatic rings. The summed E-state index contributed by atoms with van der Waals surface area (Å²) in [7, 11) is 0. The quantitative estimate of drug-likeness (QED) is 0.335. The van der Waals surface area contributed by atoms with Crippen molar-refractivity contribution in [3.05, 3.63) is 29.3 Å². The van der Waals surface area contributed by atoms with E-state index in [9.17, 15) is 14.4 Å². The molecular weight excluding hydrogens is 424 g/mol. The third-order valence-electron chi connectivity index (χ3n) is 5.26. The standard InChI is InChI=1S/C21H27BrN2O4/c22-12-5-3-1-2-4-6-14-28-17-11-7-9-15-18(17)21(27)24(20(15)26)16-10-8-13-23-19(16)25/h7,9,11,16H,1-6,8,10,12-14H2,(H,23,25). The molecule has 2 aliphatic rings. The highest BCUT2D eigenvalue weighted by atomic mass is 79.9. The summed E-state index contributed by atoms with van der Waals surface area (Å²) in [5.41, 5.74) is 0.624. The molecule has 0 spiro atoms. The van der Waals surface area contributed by atoms with E-state index in [-0.39, 0.29) is 5.91 Å². The topological polar surface area (TPSA) is 75.7 Å². The summed E-state index contributed by atoms with van der Waals surface area (Å²) in [5.74, 6) is -0.649. The Kier molecular flexibility index (Phi) is 7.48. The van der Waals surface area contributed by atoms with E-state index in [1.165, 1.54) is 25.7 Å². The molecule has 0 aromatic heterocycles. The van der Waals surface area contributed by atoms with Gasteiger partial charge in [-0.1, -0.05) is 47.7 Å². The maximum atomic E-state index is 12.9. The molecule has 1 N–H and O–H groups in total. The molecule has 1 atom stereocenters. The summed E-state index contributed by atoms with van der Waals surface area (Å²) in [6, 6.07) is 4.36. The Bertz CT molecular complexity index is 737. The number of nitrogens with one attached hydrogen (secondary N) is 1. The Morgan fingerprint density at radius 3 is 2.54 bits per heavy atom. The summed E-state index contributed by atoms with van der Waals surface area (Å²) < 4.78 is 5.85. The molecule has 3 amide bonds. The summed E-state index contributed by atoms with van der Waals surface area (Å²) >= 11 is 3.44. The van der Waals surface area contributed by atoms with Gasteiger partial charge in [0.1, 0.15) is 11.8 Å². The lowest BCUT2D eigenvalue weighted by atomic mass is 10.1. The van der Waals surface area contributed by atoms with Crippen molar-refractivity contribution >= 4 is 33.7 Å². The van der Waals surface area contributed by atoms with Gasteiger partial charge in [0.15, 0.2) is 0 Å². The summed E-state index contributed by atoms with van der Waals surface area (Å²) in [6.07, 6.45) is 8.08. The number of halogens is 1. The Morgan fingerprint density at radius 2 is 1.79 bits per heavy atom. The minimum atomic E-state index is -0.728. The van der Waals surface area contributed by atoms with E-state index >= 15 is 0 Å². The molecule has 6 nitrogen and oxygen atoms in total. The van der Waals surface area contributed by atoms with Crippen molar-refractivity contribution in [2.75, 3.05) is 18.5 Å². The number of amides is 3. The van der Waals surface area contributed by atoms with Gasteiger partial charge in [-0.3, -0.25) is 19.3 Å². The summed E-state index contributed by atoms with van der Waals surface area (Å²) in [5, 5.41) is 3.80. The monoisotopic (exact) mass is 450 g/mol. The fourth-order valence-corrected chi connectivity index (χ4v) is 4.16. The van der Waals surface area contributed by atoms with Gasteiger partial charge < -0.3 is 10.1 Å².